The molecule has 1 saturated heterocycles. The van der Waals surface area contributed by atoms with Crippen LogP contribution in [0.3, 0.4) is 0 Å². The van der Waals surface area contributed by atoms with Gasteiger partial charge in [-0.1, -0.05) is 13.8 Å². The van der Waals surface area contributed by atoms with Crippen molar-refractivity contribution < 1.29 is 14.7 Å². The van der Waals surface area contributed by atoms with Crippen LogP contribution in [-0.4, -0.2) is 65.7 Å². The summed E-state index contributed by atoms with van der Waals surface area (Å²) in [5, 5.41) is 11.5. The molecule has 6 nitrogen and oxygen atoms in total. The summed E-state index contributed by atoms with van der Waals surface area (Å²) in [6.07, 6.45) is 1.88. The number of amides is 2. The highest BCUT2D eigenvalue weighted by Crippen LogP contribution is 2.09. The number of rotatable bonds is 7. The lowest BCUT2D eigenvalue weighted by Gasteiger charge is -2.37. The number of hydrogen-bond donors (Lipinski definition) is 2. The molecule has 2 atom stereocenters. The topological polar surface area (TPSA) is 72.9 Å². The van der Waals surface area contributed by atoms with Crippen molar-refractivity contribution in [1.82, 2.24) is 15.1 Å². The lowest BCUT2D eigenvalue weighted by atomic mass is 10.1. The summed E-state index contributed by atoms with van der Waals surface area (Å²) in [5.41, 5.74) is 0. The standard InChI is InChI=1S/C15H29N3O3/c1-4-13(3)17-7-9-18(10-8-17)15(21)16-11-12(2)5-6-14(19)20/h12-13H,4-11H2,1-3H3,(H,16,21)(H,19,20). The van der Waals surface area contributed by atoms with Crippen molar-refractivity contribution >= 4 is 12.0 Å². The van der Waals surface area contributed by atoms with Crippen LogP contribution in [-0.2, 0) is 4.79 Å². The van der Waals surface area contributed by atoms with E-state index in [1.807, 2.05) is 11.8 Å². The molecule has 6 heteroatoms. The average Bonchev–Trinajstić information content (AvgIpc) is 2.49. The minimum absolute atomic E-state index is 0.0269. The molecule has 0 bridgehead atoms. The maximum Gasteiger partial charge on any atom is 0.317 e. The van der Waals surface area contributed by atoms with Gasteiger partial charge in [0, 0.05) is 45.2 Å². The molecule has 21 heavy (non-hydrogen) atoms. The Balaban J connectivity index is 2.23. The highest BCUT2D eigenvalue weighted by atomic mass is 16.4. The number of carboxylic acids is 1. The quantitative estimate of drug-likeness (QED) is 0.749. The minimum Gasteiger partial charge on any atom is -0.481 e. The number of urea groups is 1. The SMILES string of the molecule is CCC(C)N1CCN(C(=O)NCC(C)CCC(=O)O)CC1. The fourth-order valence-corrected chi connectivity index (χ4v) is 2.47. The largest absolute Gasteiger partial charge is 0.481 e. The zero-order valence-corrected chi connectivity index (χ0v) is 13.5. The van der Waals surface area contributed by atoms with Gasteiger partial charge in [-0.25, -0.2) is 4.79 Å². The van der Waals surface area contributed by atoms with Crippen LogP contribution in [0.5, 0.6) is 0 Å². The normalized spacial score (nSPS) is 19.1. The van der Waals surface area contributed by atoms with E-state index in [1.165, 1.54) is 0 Å². The van der Waals surface area contributed by atoms with Crippen LogP contribution < -0.4 is 5.32 Å². The molecule has 122 valence electrons. The summed E-state index contributed by atoms with van der Waals surface area (Å²) < 4.78 is 0. The second-order valence-electron chi connectivity index (χ2n) is 6.00. The van der Waals surface area contributed by atoms with Crippen molar-refractivity contribution in [2.75, 3.05) is 32.7 Å². The average molecular weight is 299 g/mol. The molecule has 0 saturated carbocycles. The zero-order valence-electron chi connectivity index (χ0n) is 13.5. The molecule has 1 aliphatic heterocycles. The van der Waals surface area contributed by atoms with Crippen molar-refractivity contribution in [1.29, 1.82) is 0 Å². The van der Waals surface area contributed by atoms with Gasteiger partial charge in [0.05, 0.1) is 0 Å². The molecule has 1 heterocycles. The fraction of sp³-hybridized carbons (Fsp3) is 0.867. The molecule has 2 amide bonds. The van der Waals surface area contributed by atoms with Crippen molar-refractivity contribution in [3.8, 4) is 0 Å². The van der Waals surface area contributed by atoms with E-state index in [0.717, 1.165) is 32.6 Å². The van der Waals surface area contributed by atoms with Crippen molar-refractivity contribution in [2.24, 2.45) is 5.92 Å². The van der Waals surface area contributed by atoms with Gasteiger partial charge < -0.3 is 15.3 Å². The van der Waals surface area contributed by atoms with Crippen molar-refractivity contribution in [3.05, 3.63) is 0 Å². The third-order valence-corrected chi connectivity index (χ3v) is 4.27. The summed E-state index contributed by atoms with van der Waals surface area (Å²) in [6, 6.07) is 0.548. The van der Waals surface area contributed by atoms with Crippen LogP contribution in [0.4, 0.5) is 4.79 Å². The van der Waals surface area contributed by atoms with Crippen molar-refractivity contribution in [2.45, 2.75) is 46.1 Å². The van der Waals surface area contributed by atoms with E-state index in [-0.39, 0.29) is 18.4 Å². The molecule has 1 rings (SSSR count). The van der Waals surface area contributed by atoms with Gasteiger partial charge in [-0.05, 0) is 25.7 Å². The zero-order chi connectivity index (χ0) is 15.8. The first-order valence-electron chi connectivity index (χ1n) is 7.92. The lowest BCUT2D eigenvalue weighted by Crippen LogP contribution is -2.54. The molecule has 0 aromatic carbocycles. The number of hydrogen-bond acceptors (Lipinski definition) is 3. The summed E-state index contributed by atoms with van der Waals surface area (Å²) in [6.45, 7) is 10.3. The van der Waals surface area contributed by atoms with E-state index >= 15 is 0 Å². The highest BCUT2D eigenvalue weighted by Gasteiger charge is 2.23. The molecule has 0 aliphatic carbocycles. The molecule has 0 radical (unpaired) electrons. The Morgan fingerprint density at radius 1 is 1.19 bits per heavy atom. The van der Waals surface area contributed by atoms with Crippen LogP contribution in [0, 0.1) is 5.92 Å². The summed E-state index contributed by atoms with van der Waals surface area (Å²) in [4.78, 5) is 26.8. The van der Waals surface area contributed by atoms with Gasteiger partial charge in [0.25, 0.3) is 0 Å². The van der Waals surface area contributed by atoms with Crippen LogP contribution in [0.1, 0.15) is 40.0 Å². The summed E-state index contributed by atoms with van der Waals surface area (Å²) >= 11 is 0. The van der Waals surface area contributed by atoms with Crippen LogP contribution in [0.2, 0.25) is 0 Å². The van der Waals surface area contributed by atoms with E-state index in [9.17, 15) is 9.59 Å². The van der Waals surface area contributed by atoms with Gasteiger partial charge in [0.2, 0.25) is 0 Å². The Bertz CT molecular complexity index is 341. The number of carbonyl (C=O) groups is 2. The molecule has 0 aromatic heterocycles. The summed E-state index contributed by atoms with van der Waals surface area (Å²) in [7, 11) is 0. The number of nitrogens with one attached hydrogen (secondary N) is 1. The van der Waals surface area contributed by atoms with Crippen molar-refractivity contribution in [3.63, 3.8) is 0 Å². The number of carbonyl (C=O) groups excluding carboxylic acids is 1. The molecule has 1 aliphatic rings. The minimum atomic E-state index is -0.783. The van der Waals surface area contributed by atoms with Gasteiger partial charge in [-0.15, -0.1) is 0 Å². The highest BCUT2D eigenvalue weighted by molar-refractivity contribution is 5.74. The smallest absolute Gasteiger partial charge is 0.317 e. The van der Waals surface area contributed by atoms with Gasteiger partial charge in [0.1, 0.15) is 0 Å². The lowest BCUT2D eigenvalue weighted by molar-refractivity contribution is -0.137. The molecule has 2 unspecified atom stereocenters. The number of carboxylic acid groups (broad SMARTS) is 1. The molecular formula is C15H29N3O3. The fourth-order valence-electron chi connectivity index (χ4n) is 2.47. The van der Waals surface area contributed by atoms with E-state index in [2.05, 4.69) is 24.1 Å². The molecule has 1 fully saturated rings. The molecule has 2 N–H and O–H groups in total. The Hall–Kier alpha value is -1.30. The Morgan fingerprint density at radius 2 is 1.81 bits per heavy atom. The molecule has 0 aromatic rings. The number of piperazine rings is 1. The van der Waals surface area contributed by atoms with E-state index in [1.54, 1.807) is 0 Å². The molecule has 0 spiro atoms. The Morgan fingerprint density at radius 3 is 2.33 bits per heavy atom. The maximum atomic E-state index is 12.1. The third kappa shape index (κ3) is 6.33. The van der Waals surface area contributed by atoms with Crippen LogP contribution >= 0.6 is 0 Å². The van der Waals surface area contributed by atoms with E-state index < -0.39 is 5.97 Å². The van der Waals surface area contributed by atoms with Crippen LogP contribution in [0.15, 0.2) is 0 Å². The predicted molar refractivity (Wildman–Crippen MR) is 82.3 cm³/mol. The third-order valence-electron chi connectivity index (χ3n) is 4.27. The van der Waals surface area contributed by atoms with E-state index in [4.69, 9.17) is 5.11 Å². The number of nitrogens with zero attached hydrogens (tertiary/aromatic N) is 2. The first-order chi connectivity index (χ1) is 9.93. The van der Waals surface area contributed by atoms with Gasteiger partial charge in [-0.3, -0.25) is 9.69 Å². The van der Waals surface area contributed by atoms with E-state index in [0.29, 0.717) is 19.0 Å². The van der Waals surface area contributed by atoms with Crippen LogP contribution in [0.25, 0.3) is 0 Å². The Kier molecular flexibility index (Phi) is 7.50. The first-order valence-corrected chi connectivity index (χ1v) is 7.92. The maximum absolute atomic E-state index is 12.1. The Labute approximate surface area is 127 Å². The monoisotopic (exact) mass is 299 g/mol. The second kappa shape index (κ2) is 8.87. The summed E-state index contributed by atoms with van der Waals surface area (Å²) in [5.74, 6) is -0.596. The van der Waals surface area contributed by atoms with Gasteiger partial charge >= 0.3 is 12.0 Å². The van der Waals surface area contributed by atoms with Gasteiger partial charge in [0.15, 0.2) is 0 Å². The second-order valence-corrected chi connectivity index (χ2v) is 6.00. The van der Waals surface area contributed by atoms with Gasteiger partial charge in [-0.2, -0.15) is 0 Å². The first kappa shape index (κ1) is 17.8. The number of aliphatic carboxylic acids is 1. The molecular weight excluding hydrogens is 270 g/mol. The predicted octanol–water partition coefficient (Wildman–Crippen LogP) is 1.61.